The van der Waals surface area contributed by atoms with Crippen LogP contribution < -0.4 is 0 Å². The molecule has 2 heterocycles. The topological polar surface area (TPSA) is 26.0 Å². The zero-order valence-electron chi connectivity index (χ0n) is 15.9. The number of benzene rings is 2. The van der Waals surface area contributed by atoms with Crippen LogP contribution in [0.25, 0.3) is 33.2 Å². The van der Waals surface area contributed by atoms with Crippen molar-refractivity contribution in [2.75, 3.05) is 0 Å². The van der Waals surface area contributed by atoms with Crippen molar-refractivity contribution in [2.24, 2.45) is 0 Å². The molecule has 1 radical (unpaired) electrons. The molecule has 2 nitrogen and oxygen atoms in total. The van der Waals surface area contributed by atoms with Crippen molar-refractivity contribution in [1.29, 1.82) is 0 Å². The van der Waals surface area contributed by atoms with Crippen LogP contribution in [0.15, 0.2) is 47.0 Å². The molecular formula is C24H22IrNO-. The van der Waals surface area contributed by atoms with Crippen LogP contribution in [0.4, 0.5) is 0 Å². The molecule has 5 rings (SSSR count). The molecule has 0 amide bonds. The Hall–Kier alpha value is -1.96. The van der Waals surface area contributed by atoms with Gasteiger partial charge in [0, 0.05) is 31.7 Å². The summed E-state index contributed by atoms with van der Waals surface area (Å²) in [7, 11) is 0. The summed E-state index contributed by atoms with van der Waals surface area (Å²) in [5.41, 5.74) is 7.99. The Bertz CT molecular complexity index is 1150. The van der Waals surface area contributed by atoms with Crippen LogP contribution in [0.3, 0.4) is 0 Å². The van der Waals surface area contributed by atoms with Crippen molar-refractivity contribution in [3.63, 3.8) is 0 Å². The number of furan rings is 1. The predicted octanol–water partition coefficient (Wildman–Crippen LogP) is 6.23. The summed E-state index contributed by atoms with van der Waals surface area (Å²) in [6.45, 7) is 6.74. The minimum atomic E-state index is 0. The summed E-state index contributed by atoms with van der Waals surface area (Å²) in [5, 5.41) is 2.38. The van der Waals surface area contributed by atoms with Crippen molar-refractivity contribution in [3.8, 4) is 11.3 Å². The number of hydrogen-bond acceptors (Lipinski definition) is 2. The Morgan fingerprint density at radius 2 is 1.89 bits per heavy atom. The van der Waals surface area contributed by atoms with E-state index in [4.69, 9.17) is 9.40 Å². The van der Waals surface area contributed by atoms with E-state index in [-0.39, 0.29) is 25.5 Å². The zero-order chi connectivity index (χ0) is 17.9. The number of fused-ring (bicyclic) bond motifs is 4. The predicted molar refractivity (Wildman–Crippen MR) is 107 cm³/mol. The average Bonchev–Trinajstić information content (AvgIpc) is 3.24. The first kappa shape index (κ1) is 18.4. The maximum atomic E-state index is 6.36. The van der Waals surface area contributed by atoms with Crippen LogP contribution in [0, 0.1) is 6.07 Å². The number of aromatic nitrogens is 1. The number of para-hydroxylation sites is 1. The summed E-state index contributed by atoms with van der Waals surface area (Å²) in [4.78, 5) is 4.74. The quantitative estimate of drug-likeness (QED) is 0.272. The third kappa shape index (κ3) is 2.85. The number of pyridine rings is 1. The molecule has 1 aliphatic carbocycles. The smallest absolute Gasteiger partial charge is 0.120 e. The van der Waals surface area contributed by atoms with E-state index >= 15 is 0 Å². The van der Waals surface area contributed by atoms with E-state index in [1.807, 2.05) is 12.3 Å². The molecule has 2 aromatic heterocycles. The van der Waals surface area contributed by atoms with Crippen LogP contribution in [0.1, 0.15) is 43.9 Å². The van der Waals surface area contributed by atoms with E-state index in [9.17, 15) is 0 Å². The Balaban J connectivity index is 0.00000180. The third-order valence-electron chi connectivity index (χ3n) is 5.52. The molecule has 0 bridgehead atoms. The molecule has 27 heavy (non-hydrogen) atoms. The molecule has 0 spiro atoms. The summed E-state index contributed by atoms with van der Waals surface area (Å²) >= 11 is 0. The molecule has 0 saturated carbocycles. The minimum absolute atomic E-state index is 0. The standard InChI is InChI=1S/C24H22NO.Ir/c1-24(2,3)19-12-11-18(22-16-9-6-7-15(16)13-14-25-22)23-21(19)17-8-4-5-10-20(17)26-23;/h4-5,8,10,12-14H,6-7,9H2,1-3H3;/q-1;. The van der Waals surface area contributed by atoms with Crippen LogP contribution >= 0.6 is 0 Å². The van der Waals surface area contributed by atoms with E-state index in [0.29, 0.717) is 0 Å². The Kier molecular flexibility index (Phi) is 4.48. The molecule has 1 aliphatic rings. The van der Waals surface area contributed by atoms with Gasteiger partial charge >= 0.3 is 0 Å². The van der Waals surface area contributed by atoms with Crippen molar-refractivity contribution in [1.82, 2.24) is 4.98 Å². The van der Waals surface area contributed by atoms with E-state index in [2.05, 4.69) is 57.2 Å². The fourth-order valence-corrected chi connectivity index (χ4v) is 4.25. The first-order valence-electron chi connectivity index (χ1n) is 9.37. The maximum Gasteiger partial charge on any atom is 0.120 e. The van der Waals surface area contributed by atoms with Crippen LogP contribution in [-0.2, 0) is 38.4 Å². The summed E-state index contributed by atoms with van der Waals surface area (Å²) in [5.74, 6) is 0. The monoisotopic (exact) mass is 533 g/mol. The molecule has 4 aromatic rings. The third-order valence-corrected chi connectivity index (χ3v) is 5.52. The van der Waals surface area contributed by atoms with Crippen molar-refractivity contribution in [2.45, 2.75) is 45.4 Å². The largest absolute Gasteiger partial charge is 0.501 e. The molecule has 0 fully saturated rings. The normalized spacial score (nSPS) is 13.7. The van der Waals surface area contributed by atoms with Crippen molar-refractivity contribution in [3.05, 3.63) is 65.4 Å². The van der Waals surface area contributed by atoms with Gasteiger partial charge in [0.1, 0.15) is 5.58 Å². The molecule has 0 aliphatic heterocycles. The minimum Gasteiger partial charge on any atom is -0.501 e. The second-order valence-electron chi connectivity index (χ2n) is 8.28. The van der Waals surface area contributed by atoms with Gasteiger partial charge in [-0.2, -0.15) is 0 Å². The van der Waals surface area contributed by atoms with E-state index in [0.717, 1.165) is 35.3 Å². The average molecular weight is 533 g/mol. The zero-order valence-corrected chi connectivity index (χ0v) is 18.2. The maximum absolute atomic E-state index is 6.36. The molecular weight excluding hydrogens is 510 g/mol. The fourth-order valence-electron chi connectivity index (χ4n) is 4.25. The van der Waals surface area contributed by atoms with Gasteiger partial charge in [-0.1, -0.05) is 61.0 Å². The van der Waals surface area contributed by atoms with Gasteiger partial charge in [-0.05, 0) is 42.5 Å². The molecule has 2 aromatic carbocycles. The Morgan fingerprint density at radius 3 is 2.70 bits per heavy atom. The number of nitrogens with zero attached hydrogens (tertiary/aromatic N) is 1. The van der Waals surface area contributed by atoms with Crippen LogP contribution in [0.2, 0.25) is 0 Å². The van der Waals surface area contributed by atoms with Gasteiger partial charge in [0.15, 0.2) is 0 Å². The van der Waals surface area contributed by atoms with Gasteiger partial charge in [-0.15, -0.1) is 17.7 Å². The van der Waals surface area contributed by atoms with Gasteiger partial charge in [0.25, 0.3) is 0 Å². The second kappa shape index (κ2) is 6.58. The van der Waals surface area contributed by atoms with Gasteiger partial charge in [-0.3, -0.25) is 0 Å². The SMILES string of the molecule is CC(C)(C)c1c[c-]c(-c2nccc3c2CCC3)c2oc3ccccc3c12.[Ir]. The van der Waals surface area contributed by atoms with Crippen LogP contribution in [0.5, 0.6) is 0 Å². The number of aryl methyl sites for hydroxylation is 1. The number of rotatable bonds is 1. The summed E-state index contributed by atoms with van der Waals surface area (Å²) in [6.07, 6.45) is 5.38. The van der Waals surface area contributed by atoms with Crippen LogP contribution in [-0.4, -0.2) is 4.98 Å². The van der Waals surface area contributed by atoms with E-state index in [1.165, 1.54) is 33.9 Å². The summed E-state index contributed by atoms with van der Waals surface area (Å²) < 4.78 is 6.36. The first-order chi connectivity index (χ1) is 12.5. The molecule has 139 valence electrons. The van der Waals surface area contributed by atoms with Gasteiger partial charge in [0.05, 0.1) is 5.58 Å². The second-order valence-corrected chi connectivity index (χ2v) is 8.28. The Morgan fingerprint density at radius 1 is 1.07 bits per heavy atom. The Labute approximate surface area is 173 Å². The molecule has 3 heteroatoms. The number of hydrogen-bond donors (Lipinski definition) is 0. The molecule has 0 atom stereocenters. The first-order valence-corrected chi connectivity index (χ1v) is 9.37. The van der Waals surface area contributed by atoms with Gasteiger partial charge < -0.3 is 9.40 Å². The van der Waals surface area contributed by atoms with Gasteiger partial charge in [-0.25, -0.2) is 0 Å². The molecule has 0 unspecified atom stereocenters. The van der Waals surface area contributed by atoms with E-state index in [1.54, 1.807) is 0 Å². The fraction of sp³-hybridized carbons (Fsp3) is 0.292. The summed E-state index contributed by atoms with van der Waals surface area (Å²) in [6, 6.07) is 16.2. The van der Waals surface area contributed by atoms with Gasteiger partial charge in [0.2, 0.25) is 0 Å². The molecule has 0 N–H and O–H groups in total. The van der Waals surface area contributed by atoms with E-state index < -0.39 is 0 Å². The van der Waals surface area contributed by atoms with Crippen molar-refractivity contribution >= 4 is 21.9 Å². The molecule has 0 saturated heterocycles. The van der Waals surface area contributed by atoms with Crippen molar-refractivity contribution < 1.29 is 24.5 Å².